The highest BCUT2D eigenvalue weighted by atomic mass is 19.1. The zero-order valence-electron chi connectivity index (χ0n) is 32.7. The minimum atomic E-state index is -0.581. The molecule has 2 amide bonds. The van der Waals surface area contributed by atoms with Crippen molar-refractivity contribution in [1.82, 2.24) is 20.0 Å². The Morgan fingerprint density at radius 1 is 0.891 bits per heavy atom. The average molecular weight is 755 g/mol. The molecule has 8 atom stereocenters. The molecule has 296 valence electrons. The van der Waals surface area contributed by atoms with E-state index in [1.807, 2.05) is 17.0 Å². The van der Waals surface area contributed by atoms with Gasteiger partial charge in [-0.15, -0.1) is 0 Å². The molecule has 8 rings (SSSR count). The number of aromatic amines is 1. The molecule has 9 nitrogen and oxygen atoms in total. The van der Waals surface area contributed by atoms with Crippen molar-refractivity contribution in [2.75, 3.05) is 32.8 Å². The first-order valence-electron chi connectivity index (χ1n) is 21.2. The second kappa shape index (κ2) is 15.7. The standard InChI is InChI=1S/C45H59FN4O5/c1-44-19-17-31(51)28-30(44)12-13-34-36-14-16-40(45(36,2)20-18-37(34)44)55-25-7-3-4-10-41(52)49-21-23-50(24-22-49)43(54)35-26-29(11-15-38(35)46)27-39-32-8-5-6-9-33(32)42(53)48-47-39/h5-6,8-9,11,15,26,30-31,34,36-37,40,51H,3-4,7,10,12-14,16-25,27-28H2,1-2H3,(H,48,53)/t30-,31?,34-,36-,37-,40-,44-,45-/m0/s1. The highest BCUT2D eigenvalue weighted by molar-refractivity contribution is 5.95. The van der Waals surface area contributed by atoms with Crippen molar-refractivity contribution in [1.29, 1.82) is 0 Å². The lowest BCUT2D eigenvalue weighted by atomic mass is 9.45. The second-order valence-corrected chi connectivity index (χ2v) is 18.1. The molecule has 3 aromatic rings. The van der Waals surface area contributed by atoms with Crippen LogP contribution in [0.4, 0.5) is 4.39 Å². The number of amides is 2. The molecular formula is C45H59FN4O5. The molecule has 4 saturated carbocycles. The van der Waals surface area contributed by atoms with Crippen molar-refractivity contribution in [3.05, 3.63) is 75.5 Å². The molecule has 55 heavy (non-hydrogen) atoms. The number of hydrogen-bond acceptors (Lipinski definition) is 6. The molecule has 1 aliphatic heterocycles. The van der Waals surface area contributed by atoms with Gasteiger partial charge >= 0.3 is 0 Å². The Bertz CT molecular complexity index is 1940. The number of benzene rings is 2. The molecule has 1 saturated heterocycles. The number of hydrogen-bond donors (Lipinski definition) is 2. The van der Waals surface area contributed by atoms with Gasteiger partial charge in [-0.05, 0) is 129 Å². The number of H-pyrrole nitrogens is 1. The van der Waals surface area contributed by atoms with Gasteiger partial charge in [0.25, 0.3) is 11.5 Å². The van der Waals surface area contributed by atoms with E-state index in [9.17, 15) is 23.9 Å². The summed E-state index contributed by atoms with van der Waals surface area (Å²) < 4.78 is 21.6. The predicted molar refractivity (Wildman–Crippen MR) is 210 cm³/mol. The summed E-state index contributed by atoms with van der Waals surface area (Å²) in [6, 6.07) is 11.7. The molecule has 10 heteroatoms. The number of unbranched alkanes of at least 4 members (excludes halogenated alkanes) is 2. The van der Waals surface area contributed by atoms with Gasteiger partial charge in [0.05, 0.1) is 28.9 Å². The van der Waals surface area contributed by atoms with Crippen LogP contribution in [0.3, 0.4) is 0 Å². The lowest BCUT2D eigenvalue weighted by Gasteiger charge is -2.60. The van der Waals surface area contributed by atoms with Gasteiger partial charge < -0.3 is 19.6 Å². The van der Waals surface area contributed by atoms with Crippen molar-refractivity contribution in [2.24, 2.45) is 34.5 Å². The van der Waals surface area contributed by atoms with E-state index in [4.69, 9.17) is 4.74 Å². The second-order valence-electron chi connectivity index (χ2n) is 18.1. The van der Waals surface area contributed by atoms with E-state index < -0.39 is 5.82 Å². The summed E-state index contributed by atoms with van der Waals surface area (Å²) in [5, 5.41) is 18.4. The number of nitrogens with zero attached hydrogens (tertiary/aromatic N) is 3. The maximum Gasteiger partial charge on any atom is 0.272 e. The average Bonchev–Trinajstić information content (AvgIpc) is 3.54. The quantitative estimate of drug-likeness (QED) is 0.210. The van der Waals surface area contributed by atoms with Gasteiger partial charge in [0.1, 0.15) is 5.82 Å². The van der Waals surface area contributed by atoms with Crippen LogP contribution in [0.1, 0.15) is 119 Å². The summed E-state index contributed by atoms with van der Waals surface area (Å²) in [6.45, 7) is 7.42. The van der Waals surface area contributed by atoms with Gasteiger partial charge in [-0.1, -0.05) is 44.5 Å². The maximum absolute atomic E-state index is 15.0. The number of ether oxygens (including phenoxy) is 1. The zero-order valence-corrected chi connectivity index (χ0v) is 32.7. The number of fused-ring (bicyclic) bond motifs is 6. The van der Waals surface area contributed by atoms with Gasteiger partial charge in [0.15, 0.2) is 0 Å². The highest BCUT2D eigenvalue weighted by Gasteiger charge is 2.60. The molecule has 1 unspecified atom stereocenters. The smallest absolute Gasteiger partial charge is 0.272 e. The number of piperazine rings is 1. The number of nitrogens with one attached hydrogen (secondary N) is 1. The summed E-state index contributed by atoms with van der Waals surface area (Å²) in [4.78, 5) is 42.2. The Morgan fingerprint density at radius 2 is 1.64 bits per heavy atom. The minimum Gasteiger partial charge on any atom is -0.393 e. The van der Waals surface area contributed by atoms with Crippen molar-refractivity contribution in [3.8, 4) is 0 Å². The lowest BCUT2D eigenvalue weighted by Crippen LogP contribution is -2.54. The van der Waals surface area contributed by atoms with Crippen LogP contribution < -0.4 is 5.56 Å². The van der Waals surface area contributed by atoms with Crippen LogP contribution >= 0.6 is 0 Å². The number of aromatic nitrogens is 2. The van der Waals surface area contributed by atoms with Crippen LogP contribution in [0.25, 0.3) is 10.8 Å². The first kappa shape index (κ1) is 38.3. The Hall–Kier alpha value is -3.63. The summed E-state index contributed by atoms with van der Waals surface area (Å²) >= 11 is 0. The van der Waals surface area contributed by atoms with Gasteiger partial charge in [0.2, 0.25) is 5.91 Å². The molecule has 5 aliphatic rings. The van der Waals surface area contributed by atoms with E-state index in [-0.39, 0.29) is 34.5 Å². The minimum absolute atomic E-state index is 0.00507. The fourth-order valence-corrected chi connectivity index (χ4v) is 12.1. The molecule has 5 fully saturated rings. The molecule has 0 radical (unpaired) electrons. The Kier molecular flexibility index (Phi) is 10.9. The summed E-state index contributed by atoms with van der Waals surface area (Å²) in [7, 11) is 0. The van der Waals surface area contributed by atoms with E-state index in [1.54, 1.807) is 29.2 Å². The van der Waals surface area contributed by atoms with Crippen LogP contribution in [0.2, 0.25) is 0 Å². The fourth-order valence-electron chi connectivity index (χ4n) is 12.1. The Morgan fingerprint density at radius 3 is 2.45 bits per heavy atom. The molecule has 0 spiro atoms. The third-order valence-electron chi connectivity index (χ3n) is 15.2. The summed E-state index contributed by atoms with van der Waals surface area (Å²) in [5.74, 6) is 2.21. The number of aliphatic hydroxyl groups excluding tert-OH is 1. The summed E-state index contributed by atoms with van der Waals surface area (Å²) in [6.07, 6.45) is 14.6. The van der Waals surface area contributed by atoms with Gasteiger partial charge in [-0.3, -0.25) is 14.4 Å². The van der Waals surface area contributed by atoms with E-state index in [2.05, 4.69) is 24.0 Å². The van der Waals surface area contributed by atoms with Crippen LogP contribution in [0, 0.1) is 40.3 Å². The van der Waals surface area contributed by atoms with Crippen LogP contribution in [-0.4, -0.2) is 81.9 Å². The van der Waals surface area contributed by atoms with Gasteiger partial charge in [-0.2, -0.15) is 5.10 Å². The Labute approximate surface area is 324 Å². The van der Waals surface area contributed by atoms with Crippen molar-refractivity contribution in [3.63, 3.8) is 0 Å². The van der Waals surface area contributed by atoms with E-state index in [0.717, 1.165) is 67.4 Å². The van der Waals surface area contributed by atoms with Gasteiger partial charge in [-0.25, -0.2) is 9.49 Å². The van der Waals surface area contributed by atoms with E-state index >= 15 is 0 Å². The number of halogens is 1. The van der Waals surface area contributed by atoms with Crippen LogP contribution in [-0.2, 0) is 16.0 Å². The maximum atomic E-state index is 15.0. The van der Waals surface area contributed by atoms with Crippen molar-refractivity contribution < 1.29 is 23.8 Å². The fraction of sp³-hybridized carbons (Fsp3) is 0.644. The molecule has 2 aromatic carbocycles. The molecule has 0 bridgehead atoms. The molecule has 2 N–H and O–H groups in total. The van der Waals surface area contributed by atoms with Crippen molar-refractivity contribution in [2.45, 2.75) is 116 Å². The first-order valence-corrected chi connectivity index (χ1v) is 21.2. The molecule has 4 aliphatic carbocycles. The van der Waals surface area contributed by atoms with Gasteiger partial charge in [0, 0.05) is 51.0 Å². The zero-order chi connectivity index (χ0) is 38.3. The van der Waals surface area contributed by atoms with E-state index in [1.165, 1.54) is 51.0 Å². The van der Waals surface area contributed by atoms with Crippen LogP contribution in [0.15, 0.2) is 47.3 Å². The third kappa shape index (κ3) is 7.38. The van der Waals surface area contributed by atoms with E-state index in [0.29, 0.717) is 67.5 Å². The molecular weight excluding hydrogens is 696 g/mol. The normalized spacial score (nSPS) is 31.9. The number of carbonyl (C=O) groups is 2. The lowest BCUT2D eigenvalue weighted by molar-refractivity contribution is -0.141. The monoisotopic (exact) mass is 754 g/mol. The SMILES string of the molecule is C[C@]12CCC(O)C[C@@H]1CC[C@@H]1[C@@H]2CC[C@]2(C)[C@@H](OCCCCCC(=O)N3CCN(C(=O)c4cc(Cc5n[nH]c(=O)c6ccccc56)ccc4F)CC3)CC[C@@H]12. The first-order chi connectivity index (χ1) is 26.5. The molecule has 1 aromatic heterocycles. The third-order valence-corrected chi connectivity index (χ3v) is 15.2. The van der Waals surface area contributed by atoms with Crippen molar-refractivity contribution >= 4 is 22.6 Å². The molecule has 2 heterocycles. The number of carbonyl (C=O) groups excluding carboxylic acids is 2. The number of rotatable bonds is 10. The number of aliphatic hydroxyl groups is 1. The Balaban J connectivity index is 0.760. The topological polar surface area (TPSA) is 116 Å². The largest absolute Gasteiger partial charge is 0.393 e. The summed E-state index contributed by atoms with van der Waals surface area (Å²) in [5.41, 5.74) is 1.77. The highest BCUT2D eigenvalue weighted by Crippen LogP contribution is 2.66. The van der Waals surface area contributed by atoms with Crippen LogP contribution in [0.5, 0.6) is 0 Å². The predicted octanol–water partition coefficient (Wildman–Crippen LogP) is 7.29.